The topological polar surface area (TPSA) is 84.7 Å². The molecule has 1 aliphatic heterocycles. The van der Waals surface area contributed by atoms with E-state index in [2.05, 4.69) is 9.93 Å². The number of hydrogen-bond acceptors (Lipinski definition) is 3. The largest absolute Gasteiger partial charge is 0.447 e. The summed E-state index contributed by atoms with van der Waals surface area (Å²) < 4.78 is 15.2. The molecule has 0 aromatic heterocycles. The summed E-state index contributed by atoms with van der Waals surface area (Å²) in [6.45, 7) is -2.85. The number of amides is 1. The third kappa shape index (κ3) is 2.67. The summed E-state index contributed by atoms with van der Waals surface area (Å²) in [6.07, 6.45) is -0.615. The quantitative estimate of drug-likeness (QED) is 0.623. The highest BCUT2D eigenvalue weighted by atomic mass is 35.7. The summed E-state index contributed by atoms with van der Waals surface area (Å²) in [6, 6.07) is 0. The van der Waals surface area contributed by atoms with Crippen LogP contribution in [0.25, 0.3) is 0 Å². The first-order chi connectivity index (χ1) is 4.99. The zero-order chi connectivity index (χ0) is 8.48. The lowest BCUT2D eigenvalue weighted by molar-refractivity contribution is 0.154. The summed E-state index contributed by atoms with van der Waals surface area (Å²) in [5.74, 6) is 0. The molecule has 1 rings (SSSR count). The van der Waals surface area contributed by atoms with Gasteiger partial charge in [0.1, 0.15) is 6.61 Å². The normalized spacial score (nSPS) is 23.1. The molecule has 64 valence electrons. The number of rotatable bonds is 2. The number of nitrogens with one attached hydrogen (secondary N) is 1. The van der Waals surface area contributed by atoms with Crippen molar-refractivity contribution in [1.82, 2.24) is 10.2 Å². The van der Waals surface area contributed by atoms with Gasteiger partial charge in [0.2, 0.25) is 0 Å². The van der Waals surface area contributed by atoms with Gasteiger partial charge in [-0.05, 0) is 11.2 Å². The lowest BCUT2D eigenvalue weighted by atomic mass is 10.7. The first-order valence-electron chi connectivity index (χ1n) is 2.79. The molecule has 3 N–H and O–H groups in total. The zero-order valence-electron chi connectivity index (χ0n) is 5.49. The van der Waals surface area contributed by atoms with Crippen molar-refractivity contribution in [3.05, 3.63) is 0 Å². The van der Waals surface area contributed by atoms with Crippen LogP contribution in [0.1, 0.15) is 0 Å². The average Bonchev–Trinajstić information content (AvgIpc) is 2.12. The van der Waals surface area contributed by atoms with Gasteiger partial charge in [0, 0.05) is 0 Å². The molecule has 1 fully saturated rings. The van der Waals surface area contributed by atoms with E-state index in [0.717, 1.165) is 5.01 Å². The maximum Gasteiger partial charge on any atom is 0.424 e. The summed E-state index contributed by atoms with van der Waals surface area (Å²) >= 11 is 5.15. The minimum atomic E-state index is -3.40. The highest BCUT2D eigenvalue weighted by Crippen LogP contribution is 2.37. The van der Waals surface area contributed by atoms with Crippen molar-refractivity contribution < 1.29 is 14.1 Å². The van der Waals surface area contributed by atoms with E-state index in [1.54, 1.807) is 0 Å². The van der Waals surface area contributed by atoms with Gasteiger partial charge in [0.15, 0.2) is 0 Å². The van der Waals surface area contributed by atoms with Gasteiger partial charge in [0.25, 0.3) is 0 Å². The van der Waals surface area contributed by atoms with E-state index in [1.807, 2.05) is 0 Å². The van der Waals surface area contributed by atoms with Gasteiger partial charge in [0.05, 0.1) is 6.54 Å². The molecule has 1 unspecified atom stereocenters. The molecule has 1 amide bonds. The molecule has 0 aliphatic carbocycles. The average molecular weight is 200 g/mol. The Labute approximate surface area is 67.9 Å². The first-order valence-corrected chi connectivity index (χ1v) is 5.47. The molecule has 0 radical (unpaired) electrons. The number of ether oxygens (including phenoxy) is 1. The molecule has 1 aliphatic rings. The molecule has 1 saturated heterocycles. The second-order valence-corrected chi connectivity index (χ2v) is 4.80. The Bertz CT molecular complexity index is 216. The van der Waals surface area contributed by atoms with Crippen LogP contribution in [0.3, 0.4) is 0 Å². The summed E-state index contributed by atoms with van der Waals surface area (Å²) in [5, 5.41) is 3.11. The number of carbonyl (C=O) groups excluding carboxylic acids is 1. The van der Waals surface area contributed by atoms with Crippen molar-refractivity contribution in [1.29, 1.82) is 0 Å². The van der Waals surface area contributed by atoms with Gasteiger partial charge >= 0.3 is 12.9 Å². The molecular formula is C3H7ClN3O3P. The van der Waals surface area contributed by atoms with E-state index in [0.29, 0.717) is 6.54 Å². The summed E-state index contributed by atoms with van der Waals surface area (Å²) in [5.41, 5.74) is 4.94. The molecule has 0 bridgehead atoms. The lowest BCUT2D eigenvalue weighted by Crippen LogP contribution is -2.36. The number of hydrogen-bond donors (Lipinski definition) is 2. The summed E-state index contributed by atoms with van der Waals surface area (Å²) in [4.78, 5) is 10.7. The van der Waals surface area contributed by atoms with Crippen molar-refractivity contribution in [2.45, 2.75) is 0 Å². The Morgan fingerprint density at radius 1 is 1.82 bits per heavy atom. The van der Waals surface area contributed by atoms with Gasteiger partial charge < -0.3 is 4.74 Å². The van der Waals surface area contributed by atoms with Crippen LogP contribution in [0.4, 0.5) is 4.79 Å². The molecule has 1 heterocycles. The Hall–Kier alpha value is -0.290. The predicted molar refractivity (Wildman–Crippen MR) is 38.8 cm³/mol. The summed E-state index contributed by atoms with van der Waals surface area (Å²) in [7, 11) is 0. The minimum Gasteiger partial charge on any atom is -0.447 e. The second-order valence-electron chi connectivity index (χ2n) is 1.94. The Balaban J connectivity index is 2.50. The van der Waals surface area contributed by atoms with Crippen molar-refractivity contribution in [2.75, 3.05) is 13.2 Å². The second kappa shape index (κ2) is 2.98. The Kier molecular flexibility index (Phi) is 2.39. The third-order valence-electron chi connectivity index (χ3n) is 1.02. The molecule has 8 heteroatoms. The fourth-order valence-electron chi connectivity index (χ4n) is 0.649. The van der Waals surface area contributed by atoms with Crippen LogP contribution in [0.15, 0.2) is 0 Å². The molecular weight excluding hydrogens is 192 g/mol. The maximum absolute atomic E-state index is 10.7. The van der Waals surface area contributed by atoms with Gasteiger partial charge in [-0.15, -0.1) is 0 Å². The van der Waals surface area contributed by atoms with Crippen LogP contribution in [0.5, 0.6) is 0 Å². The number of nitrogens with zero attached hydrogens (tertiary/aromatic N) is 1. The SMILES string of the molecule is NP(=O)(Cl)NN1CCOC1=O. The molecule has 1 atom stereocenters. The highest BCUT2D eigenvalue weighted by molar-refractivity contribution is 7.85. The number of cyclic esters (lactones) is 1. The Morgan fingerprint density at radius 2 is 2.45 bits per heavy atom. The highest BCUT2D eigenvalue weighted by Gasteiger charge is 2.26. The van der Waals surface area contributed by atoms with E-state index in [-0.39, 0.29) is 6.61 Å². The molecule has 0 aromatic rings. The number of halogens is 1. The smallest absolute Gasteiger partial charge is 0.424 e. The van der Waals surface area contributed by atoms with Gasteiger partial charge in [-0.25, -0.2) is 9.80 Å². The van der Waals surface area contributed by atoms with E-state index in [4.69, 9.17) is 16.7 Å². The molecule has 0 aromatic carbocycles. The van der Waals surface area contributed by atoms with E-state index in [1.165, 1.54) is 0 Å². The molecule has 0 spiro atoms. The van der Waals surface area contributed by atoms with Gasteiger partial charge in [-0.3, -0.25) is 10.1 Å². The van der Waals surface area contributed by atoms with E-state index in [9.17, 15) is 9.36 Å². The monoisotopic (exact) mass is 199 g/mol. The predicted octanol–water partition coefficient (Wildman–Crippen LogP) is 0.249. The molecule has 11 heavy (non-hydrogen) atoms. The van der Waals surface area contributed by atoms with Crippen LogP contribution >= 0.6 is 18.0 Å². The van der Waals surface area contributed by atoms with Crippen molar-refractivity contribution in [2.24, 2.45) is 5.50 Å². The van der Waals surface area contributed by atoms with Crippen LogP contribution in [-0.4, -0.2) is 24.3 Å². The van der Waals surface area contributed by atoms with Crippen LogP contribution in [0.2, 0.25) is 0 Å². The van der Waals surface area contributed by atoms with Crippen LogP contribution in [0, 0.1) is 0 Å². The first kappa shape index (κ1) is 8.80. The molecule has 6 nitrogen and oxygen atoms in total. The minimum absolute atomic E-state index is 0.253. The zero-order valence-corrected chi connectivity index (χ0v) is 7.14. The van der Waals surface area contributed by atoms with Crippen molar-refractivity contribution >= 4 is 24.1 Å². The van der Waals surface area contributed by atoms with E-state index >= 15 is 0 Å². The van der Waals surface area contributed by atoms with Crippen molar-refractivity contribution in [3.63, 3.8) is 0 Å². The fraction of sp³-hybridized carbons (Fsp3) is 0.667. The van der Waals surface area contributed by atoms with Gasteiger partial charge in [-0.2, -0.15) is 5.20 Å². The Morgan fingerprint density at radius 3 is 2.82 bits per heavy atom. The number of hydrazine groups is 1. The third-order valence-corrected chi connectivity index (χ3v) is 1.76. The van der Waals surface area contributed by atoms with Crippen molar-refractivity contribution in [3.8, 4) is 0 Å². The number of nitrogens with two attached hydrogens (primary N) is 1. The van der Waals surface area contributed by atoms with E-state index < -0.39 is 12.9 Å². The molecule has 0 saturated carbocycles. The number of carbonyl (C=O) groups is 1. The maximum atomic E-state index is 10.7. The van der Waals surface area contributed by atoms with Crippen LogP contribution in [-0.2, 0) is 9.30 Å². The standard InChI is InChI=1S/C3H7ClN3O3P/c4-11(5,9)6-7-1-2-10-3(7)8/h1-2H2,(H3,5,6,9). The van der Waals surface area contributed by atoms with Gasteiger partial charge in [-0.1, -0.05) is 0 Å². The van der Waals surface area contributed by atoms with Crippen LogP contribution < -0.4 is 10.7 Å². The lowest BCUT2D eigenvalue weighted by Gasteiger charge is -2.14. The fourth-order valence-corrected chi connectivity index (χ4v) is 1.43.